The molecule has 4 rings (SSSR count). The van der Waals surface area contributed by atoms with Gasteiger partial charge in [-0.05, 0) is 31.2 Å². The molecule has 1 N–H and O–H groups in total. The van der Waals surface area contributed by atoms with E-state index in [1.54, 1.807) is 37.3 Å². The molecule has 1 aromatic heterocycles. The lowest BCUT2D eigenvalue weighted by Crippen LogP contribution is -2.16. The van der Waals surface area contributed by atoms with E-state index < -0.39 is 23.8 Å². The van der Waals surface area contributed by atoms with Crippen LogP contribution in [0, 0.1) is 11.6 Å². The molecule has 0 spiro atoms. The fourth-order valence-electron chi connectivity index (χ4n) is 2.95. The Morgan fingerprint density at radius 3 is 2.59 bits per heavy atom. The second-order valence-electron chi connectivity index (χ2n) is 6.61. The molecule has 0 bridgehead atoms. The third-order valence-electron chi connectivity index (χ3n) is 4.39. The molecular weight excluding hydrogens is 481 g/mol. The van der Waals surface area contributed by atoms with Crippen LogP contribution in [0.4, 0.5) is 18.7 Å². The van der Waals surface area contributed by atoms with Gasteiger partial charge in [-0.15, -0.1) is 0 Å². The van der Waals surface area contributed by atoms with E-state index >= 15 is 0 Å². The number of carbonyl (C=O) groups is 1. The lowest BCUT2D eigenvalue weighted by molar-refractivity contribution is 0.215. The number of halogens is 4. The van der Waals surface area contributed by atoms with E-state index in [4.69, 9.17) is 32.7 Å². The molecule has 32 heavy (non-hydrogen) atoms. The quantitative estimate of drug-likeness (QED) is 0.289. The van der Waals surface area contributed by atoms with Crippen molar-refractivity contribution in [3.8, 4) is 11.5 Å². The van der Waals surface area contributed by atoms with E-state index in [0.717, 1.165) is 17.4 Å². The Morgan fingerprint density at radius 2 is 1.84 bits per heavy atom. The molecule has 1 amide bonds. The van der Waals surface area contributed by atoms with Gasteiger partial charge in [-0.3, -0.25) is 5.32 Å². The van der Waals surface area contributed by atoms with Gasteiger partial charge in [-0.25, -0.2) is 18.6 Å². The zero-order chi connectivity index (χ0) is 22.8. The van der Waals surface area contributed by atoms with Crippen molar-refractivity contribution in [1.82, 2.24) is 4.98 Å². The van der Waals surface area contributed by atoms with Crippen LogP contribution < -0.4 is 14.8 Å². The molecule has 10 heteroatoms. The average Bonchev–Trinajstić information content (AvgIpc) is 3.12. The summed E-state index contributed by atoms with van der Waals surface area (Å²) < 4.78 is 39.8. The van der Waals surface area contributed by atoms with Gasteiger partial charge in [0.15, 0.2) is 16.7 Å². The summed E-state index contributed by atoms with van der Waals surface area (Å²) in [6.45, 7) is 1.58. The fourth-order valence-corrected chi connectivity index (χ4v) is 4.49. The van der Waals surface area contributed by atoms with Gasteiger partial charge in [0.25, 0.3) is 0 Å². The van der Waals surface area contributed by atoms with E-state index in [0.29, 0.717) is 16.0 Å². The zero-order valence-corrected chi connectivity index (χ0v) is 18.7. The van der Waals surface area contributed by atoms with Crippen molar-refractivity contribution in [3.05, 3.63) is 81.8 Å². The number of anilines is 1. The molecule has 1 unspecified atom stereocenters. The summed E-state index contributed by atoms with van der Waals surface area (Å²) in [6.07, 6.45) is -1.56. The minimum Gasteiger partial charge on any atom is -0.483 e. The average molecular weight is 495 g/mol. The molecule has 0 fully saturated rings. The van der Waals surface area contributed by atoms with Crippen LogP contribution in [-0.2, 0) is 0 Å². The minimum absolute atomic E-state index is 0.0940. The summed E-state index contributed by atoms with van der Waals surface area (Å²) in [6, 6.07) is 13.6. The fraction of sp³-hybridized carbons (Fsp3) is 0.0909. The minimum atomic E-state index is -0.830. The third-order valence-corrected chi connectivity index (χ3v) is 6.04. The van der Waals surface area contributed by atoms with Gasteiger partial charge in [-0.1, -0.05) is 52.7 Å². The summed E-state index contributed by atoms with van der Waals surface area (Å²) in [5.74, 6) is -1.06. The predicted octanol–water partition coefficient (Wildman–Crippen LogP) is 7.63. The van der Waals surface area contributed by atoms with Gasteiger partial charge in [0.05, 0.1) is 15.2 Å². The number of fused-ring (bicyclic) bond motifs is 1. The number of ether oxygens (including phenoxy) is 2. The first-order valence-electron chi connectivity index (χ1n) is 9.26. The highest BCUT2D eigenvalue weighted by molar-refractivity contribution is 7.22. The lowest BCUT2D eigenvalue weighted by atomic mass is 10.1. The van der Waals surface area contributed by atoms with Crippen LogP contribution in [0.1, 0.15) is 18.6 Å². The van der Waals surface area contributed by atoms with E-state index in [1.165, 1.54) is 18.2 Å². The van der Waals surface area contributed by atoms with Crippen LogP contribution in [0.15, 0.2) is 54.6 Å². The summed E-state index contributed by atoms with van der Waals surface area (Å²) in [4.78, 5) is 16.3. The number of thiazole rings is 1. The molecule has 1 heterocycles. The lowest BCUT2D eigenvalue weighted by Gasteiger charge is -2.18. The van der Waals surface area contributed by atoms with Gasteiger partial charge >= 0.3 is 6.09 Å². The first-order valence-corrected chi connectivity index (χ1v) is 10.8. The van der Waals surface area contributed by atoms with Crippen molar-refractivity contribution in [3.63, 3.8) is 0 Å². The second kappa shape index (κ2) is 9.28. The van der Waals surface area contributed by atoms with Crippen molar-refractivity contribution < 1.29 is 23.0 Å². The van der Waals surface area contributed by atoms with Crippen LogP contribution >= 0.6 is 34.5 Å². The molecule has 0 radical (unpaired) electrons. The van der Waals surface area contributed by atoms with Crippen LogP contribution in [0.25, 0.3) is 10.2 Å². The van der Waals surface area contributed by atoms with E-state index in [2.05, 4.69) is 10.3 Å². The molecule has 5 nitrogen and oxygen atoms in total. The molecule has 0 aliphatic carbocycles. The zero-order valence-electron chi connectivity index (χ0n) is 16.4. The molecule has 0 aliphatic rings. The van der Waals surface area contributed by atoms with Crippen molar-refractivity contribution in [2.75, 3.05) is 5.32 Å². The van der Waals surface area contributed by atoms with Gasteiger partial charge in [0.2, 0.25) is 0 Å². The second-order valence-corrected chi connectivity index (χ2v) is 8.43. The van der Waals surface area contributed by atoms with E-state index in [9.17, 15) is 13.6 Å². The SMILES string of the molecule is CC(Oc1cc2sc(NC(=O)Oc3ccccc3)nc2cc1F)c1c(Cl)ccc(F)c1Cl. The Balaban J connectivity index is 1.54. The number of amides is 1. The van der Waals surface area contributed by atoms with E-state index in [1.807, 2.05) is 0 Å². The number of hydrogen-bond donors (Lipinski definition) is 1. The normalized spacial score (nSPS) is 11.9. The molecule has 0 saturated carbocycles. The standard InChI is InChI=1S/C22H14Cl2F2N2O3S/c1-11(19-13(23)7-8-14(25)20(19)24)30-17-10-18-16(9-15(17)26)27-21(32-18)28-22(29)31-12-5-3-2-4-6-12/h2-11H,1H3,(H,27,28,29). The van der Waals surface area contributed by atoms with Gasteiger partial charge in [0, 0.05) is 22.7 Å². The number of carbonyl (C=O) groups excluding carboxylic acids is 1. The molecule has 3 aromatic carbocycles. The maximum atomic E-state index is 14.6. The molecular formula is C22H14Cl2F2N2O3S. The number of para-hydroxylation sites is 1. The van der Waals surface area contributed by atoms with Gasteiger partial charge in [0.1, 0.15) is 17.7 Å². The highest BCUT2D eigenvalue weighted by Gasteiger charge is 2.21. The first kappa shape index (κ1) is 22.3. The molecule has 1 atom stereocenters. The van der Waals surface area contributed by atoms with Crippen molar-refractivity contribution in [2.24, 2.45) is 0 Å². The van der Waals surface area contributed by atoms with Crippen LogP contribution in [0.2, 0.25) is 10.0 Å². The highest BCUT2D eigenvalue weighted by Crippen LogP contribution is 2.37. The van der Waals surface area contributed by atoms with Crippen molar-refractivity contribution in [2.45, 2.75) is 13.0 Å². The topological polar surface area (TPSA) is 60.5 Å². The predicted molar refractivity (Wildman–Crippen MR) is 121 cm³/mol. The summed E-state index contributed by atoms with van der Waals surface area (Å²) in [5, 5.41) is 2.75. The Hall–Kier alpha value is -2.94. The molecule has 0 saturated heterocycles. The smallest absolute Gasteiger partial charge is 0.418 e. The first-order chi connectivity index (χ1) is 15.3. The third kappa shape index (κ3) is 4.77. The highest BCUT2D eigenvalue weighted by atomic mass is 35.5. The molecule has 164 valence electrons. The maximum absolute atomic E-state index is 14.6. The van der Waals surface area contributed by atoms with Crippen molar-refractivity contribution >= 4 is 56.0 Å². The number of hydrogen-bond acceptors (Lipinski definition) is 5. The number of aromatic nitrogens is 1. The number of nitrogens with zero attached hydrogens (tertiary/aromatic N) is 1. The van der Waals surface area contributed by atoms with Crippen LogP contribution in [0.3, 0.4) is 0 Å². The molecule has 4 aromatic rings. The monoisotopic (exact) mass is 494 g/mol. The number of benzene rings is 3. The Labute approximate surface area is 195 Å². The number of nitrogens with one attached hydrogen (secondary N) is 1. The summed E-state index contributed by atoms with van der Waals surface area (Å²) >= 11 is 13.2. The molecule has 0 aliphatic heterocycles. The van der Waals surface area contributed by atoms with Gasteiger partial charge < -0.3 is 9.47 Å². The van der Waals surface area contributed by atoms with Crippen molar-refractivity contribution in [1.29, 1.82) is 0 Å². The van der Waals surface area contributed by atoms with Crippen LogP contribution in [-0.4, -0.2) is 11.1 Å². The Morgan fingerprint density at radius 1 is 1.09 bits per heavy atom. The van der Waals surface area contributed by atoms with Gasteiger partial charge in [-0.2, -0.15) is 0 Å². The Bertz CT molecular complexity index is 1300. The number of rotatable bonds is 5. The maximum Gasteiger partial charge on any atom is 0.418 e. The van der Waals surface area contributed by atoms with Crippen LogP contribution in [0.5, 0.6) is 11.5 Å². The largest absolute Gasteiger partial charge is 0.483 e. The Kier molecular flexibility index (Phi) is 6.45. The van der Waals surface area contributed by atoms with E-state index in [-0.39, 0.29) is 26.5 Å². The summed E-state index contributed by atoms with van der Waals surface area (Å²) in [7, 11) is 0. The summed E-state index contributed by atoms with van der Waals surface area (Å²) in [5.41, 5.74) is 0.535.